The topological polar surface area (TPSA) is 86.8 Å². The largest absolute Gasteiger partial charge is 0.352 e. The monoisotopic (exact) mass is 617 g/mol. The summed E-state index contributed by atoms with van der Waals surface area (Å²) in [7, 11) is -4.14. The highest BCUT2D eigenvalue weighted by atomic mass is 35.5. The van der Waals surface area contributed by atoms with Crippen molar-refractivity contribution in [1.82, 2.24) is 10.2 Å². The van der Waals surface area contributed by atoms with Crippen molar-refractivity contribution < 1.29 is 18.0 Å². The lowest BCUT2D eigenvalue weighted by molar-refractivity contribution is -0.140. The minimum atomic E-state index is -4.14. The summed E-state index contributed by atoms with van der Waals surface area (Å²) in [5.41, 5.74) is 2.82. The molecule has 0 bridgehead atoms. The van der Waals surface area contributed by atoms with Crippen LogP contribution in [-0.2, 0) is 32.6 Å². The molecule has 9 heteroatoms. The van der Waals surface area contributed by atoms with Crippen LogP contribution in [0.2, 0.25) is 5.02 Å². The average Bonchev–Trinajstić information content (AvgIpc) is 2.98. The molecular formula is C34H36ClN3O4S. The van der Waals surface area contributed by atoms with E-state index in [-0.39, 0.29) is 29.8 Å². The van der Waals surface area contributed by atoms with Gasteiger partial charge in [0.25, 0.3) is 10.0 Å². The Bertz CT molecular complexity index is 1630. The van der Waals surface area contributed by atoms with Gasteiger partial charge in [-0.1, -0.05) is 90.0 Å². The highest BCUT2D eigenvalue weighted by molar-refractivity contribution is 7.92. The molecule has 0 heterocycles. The fourth-order valence-corrected chi connectivity index (χ4v) is 6.35. The quantitative estimate of drug-likeness (QED) is 0.211. The van der Waals surface area contributed by atoms with E-state index in [1.54, 1.807) is 60.7 Å². The van der Waals surface area contributed by atoms with Crippen LogP contribution in [0.3, 0.4) is 0 Å². The van der Waals surface area contributed by atoms with Gasteiger partial charge in [-0.05, 0) is 68.3 Å². The first-order valence-electron chi connectivity index (χ1n) is 14.1. The van der Waals surface area contributed by atoms with Crippen LogP contribution in [0.25, 0.3) is 0 Å². The summed E-state index contributed by atoms with van der Waals surface area (Å²) in [5.74, 6) is -0.860. The minimum absolute atomic E-state index is 0.0512. The number of sulfonamides is 1. The summed E-state index contributed by atoms with van der Waals surface area (Å²) in [4.78, 5) is 29.6. The average molecular weight is 618 g/mol. The third-order valence-corrected chi connectivity index (χ3v) is 8.90. The number of benzene rings is 4. The Morgan fingerprint density at radius 1 is 0.814 bits per heavy atom. The molecule has 0 aliphatic rings. The van der Waals surface area contributed by atoms with Crippen molar-refractivity contribution in [3.8, 4) is 0 Å². The van der Waals surface area contributed by atoms with Crippen molar-refractivity contribution in [3.05, 3.63) is 131 Å². The Morgan fingerprint density at radius 2 is 1.42 bits per heavy atom. The highest BCUT2D eigenvalue weighted by Crippen LogP contribution is 2.25. The van der Waals surface area contributed by atoms with Crippen LogP contribution in [0.5, 0.6) is 0 Å². The molecule has 0 saturated carbocycles. The number of hydrogen-bond acceptors (Lipinski definition) is 4. The van der Waals surface area contributed by atoms with Gasteiger partial charge >= 0.3 is 0 Å². The zero-order valence-electron chi connectivity index (χ0n) is 24.5. The summed E-state index contributed by atoms with van der Waals surface area (Å²) in [6.45, 7) is 5.12. The van der Waals surface area contributed by atoms with E-state index in [9.17, 15) is 18.0 Å². The zero-order valence-corrected chi connectivity index (χ0v) is 26.1. The van der Waals surface area contributed by atoms with Crippen molar-refractivity contribution in [2.24, 2.45) is 0 Å². The molecule has 7 nitrogen and oxygen atoms in total. The molecule has 0 radical (unpaired) electrons. The van der Waals surface area contributed by atoms with E-state index in [4.69, 9.17) is 11.6 Å². The van der Waals surface area contributed by atoms with Gasteiger partial charge in [0.05, 0.1) is 10.6 Å². The van der Waals surface area contributed by atoms with E-state index < -0.39 is 28.5 Å². The second kappa shape index (κ2) is 14.4. The summed E-state index contributed by atoms with van der Waals surface area (Å²) in [5, 5.41) is 3.44. The van der Waals surface area contributed by atoms with Gasteiger partial charge < -0.3 is 10.2 Å². The summed E-state index contributed by atoms with van der Waals surface area (Å²) < 4.78 is 29.1. The van der Waals surface area contributed by atoms with E-state index in [0.717, 1.165) is 15.4 Å². The molecule has 0 aliphatic heterocycles. The molecule has 0 unspecified atom stereocenters. The maximum atomic E-state index is 14.4. The van der Waals surface area contributed by atoms with Crippen molar-refractivity contribution in [3.63, 3.8) is 0 Å². The fraction of sp³-hybridized carbons (Fsp3) is 0.235. The Labute approximate surface area is 259 Å². The molecule has 2 amide bonds. The van der Waals surface area contributed by atoms with Crippen molar-refractivity contribution in [2.45, 2.75) is 50.7 Å². The molecule has 0 saturated heterocycles. The number of aryl methyl sites for hydroxylation is 1. The number of hydrogen-bond donors (Lipinski definition) is 1. The summed E-state index contributed by atoms with van der Waals surface area (Å²) in [6.07, 6.45) is 0.238. The first-order chi connectivity index (χ1) is 20.5. The first kappa shape index (κ1) is 31.8. The number of nitrogens with zero attached hydrogens (tertiary/aromatic N) is 2. The van der Waals surface area contributed by atoms with Crippen LogP contribution in [-0.4, -0.2) is 43.8 Å². The first-order valence-corrected chi connectivity index (χ1v) is 15.9. The molecule has 224 valence electrons. The maximum Gasteiger partial charge on any atom is 0.264 e. The standard InChI is InChI=1S/C34H36ClN3O4S/c1-25(2)36-34(40)32(22-27-11-6-4-7-12-27)37(23-28-13-10-14-29(35)21-28)33(39)24-38(30-15-8-5-9-16-30)43(41,42)31-19-17-26(3)18-20-31/h4-21,25,32H,22-24H2,1-3H3,(H,36,40)/t32-/m0/s1. The van der Waals surface area contributed by atoms with Crippen LogP contribution < -0.4 is 9.62 Å². The van der Waals surface area contributed by atoms with E-state index in [1.807, 2.05) is 57.2 Å². The Kier molecular flexibility index (Phi) is 10.6. The van der Waals surface area contributed by atoms with Crippen LogP contribution in [0.1, 0.15) is 30.5 Å². The Morgan fingerprint density at radius 3 is 2.02 bits per heavy atom. The van der Waals surface area contributed by atoms with Crippen LogP contribution in [0.15, 0.2) is 114 Å². The molecule has 0 aliphatic carbocycles. The normalized spacial score (nSPS) is 12.0. The molecule has 4 rings (SSSR count). The number of anilines is 1. The molecule has 4 aromatic carbocycles. The summed E-state index contributed by atoms with van der Waals surface area (Å²) in [6, 6.07) is 30.4. The molecule has 4 aromatic rings. The predicted molar refractivity (Wildman–Crippen MR) is 171 cm³/mol. The van der Waals surface area contributed by atoms with Crippen molar-refractivity contribution >= 4 is 39.1 Å². The lowest BCUT2D eigenvalue weighted by Crippen LogP contribution is -2.54. The van der Waals surface area contributed by atoms with E-state index in [0.29, 0.717) is 16.3 Å². The van der Waals surface area contributed by atoms with Crippen LogP contribution in [0, 0.1) is 6.92 Å². The number of halogens is 1. The van der Waals surface area contributed by atoms with E-state index in [1.165, 1.54) is 17.0 Å². The molecular weight excluding hydrogens is 582 g/mol. The number of para-hydroxylation sites is 1. The number of amides is 2. The van der Waals surface area contributed by atoms with E-state index in [2.05, 4.69) is 5.32 Å². The van der Waals surface area contributed by atoms with Gasteiger partial charge in [-0.2, -0.15) is 0 Å². The fourth-order valence-electron chi connectivity index (χ4n) is 4.73. The van der Waals surface area contributed by atoms with Gasteiger partial charge in [0.1, 0.15) is 12.6 Å². The van der Waals surface area contributed by atoms with Crippen LogP contribution >= 0.6 is 11.6 Å². The highest BCUT2D eigenvalue weighted by Gasteiger charge is 2.34. The number of nitrogens with one attached hydrogen (secondary N) is 1. The molecule has 1 N–H and O–H groups in total. The number of rotatable bonds is 12. The van der Waals surface area contributed by atoms with Gasteiger partial charge in [0.15, 0.2) is 0 Å². The van der Waals surface area contributed by atoms with Crippen molar-refractivity contribution in [2.75, 3.05) is 10.8 Å². The third kappa shape index (κ3) is 8.46. The SMILES string of the molecule is Cc1ccc(S(=O)(=O)N(CC(=O)N(Cc2cccc(Cl)c2)[C@@H](Cc2ccccc2)C(=O)NC(C)C)c2ccccc2)cc1. The molecule has 0 aromatic heterocycles. The van der Waals surface area contributed by atoms with Gasteiger partial charge in [0, 0.05) is 24.0 Å². The predicted octanol–water partition coefficient (Wildman–Crippen LogP) is 6.01. The van der Waals surface area contributed by atoms with Gasteiger partial charge in [-0.3, -0.25) is 13.9 Å². The lowest BCUT2D eigenvalue weighted by Gasteiger charge is -2.34. The Balaban J connectivity index is 1.79. The number of carbonyl (C=O) groups is 2. The number of carbonyl (C=O) groups excluding carboxylic acids is 2. The second-order valence-corrected chi connectivity index (χ2v) is 13.0. The van der Waals surface area contributed by atoms with Gasteiger partial charge in [-0.25, -0.2) is 8.42 Å². The third-order valence-electron chi connectivity index (χ3n) is 6.88. The van der Waals surface area contributed by atoms with Crippen molar-refractivity contribution in [1.29, 1.82) is 0 Å². The Hall–Kier alpha value is -4.14. The smallest absolute Gasteiger partial charge is 0.264 e. The molecule has 0 spiro atoms. The summed E-state index contributed by atoms with van der Waals surface area (Å²) >= 11 is 6.28. The van der Waals surface area contributed by atoms with Crippen LogP contribution in [0.4, 0.5) is 5.69 Å². The molecule has 1 atom stereocenters. The lowest BCUT2D eigenvalue weighted by atomic mass is 10.0. The molecule has 43 heavy (non-hydrogen) atoms. The zero-order chi connectivity index (χ0) is 31.0. The molecule has 0 fully saturated rings. The minimum Gasteiger partial charge on any atom is -0.352 e. The van der Waals surface area contributed by atoms with Gasteiger partial charge in [0.2, 0.25) is 11.8 Å². The maximum absolute atomic E-state index is 14.4. The second-order valence-electron chi connectivity index (χ2n) is 10.7. The van der Waals surface area contributed by atoms with Gasteiger partial charge in [-0.15, -0.1) is 0 Å². The van der Waals surface area contributed by atoms with E-state index >= 15 is 0 Å².